The van der Waals surface area contributed by atoms with Crippen LogP contribution in [0.2, 0.25) is 24.2 Å². The largest absolute Gasteiger partial charge is 4.00 e. The SMILES string of the molecule is C[Si](C)(C1[CH-]C2C=CC=CC2C1)C1[CH-]C2C=CC=CC2C1.[Cl-].[Cl-].[Ti+4]. The number of hydrogen-bond donors (Lipinski definition) is 0. The number of rotatable bonds is 2. The van der Waals surface area contributed by atoms with Crippen LogP contribution in [-0.4, -0.2) is 8.07 Å². The summed E-state index contributed by atoms with van der Waals surface area (Å²) in [5.41, 5.74) is 1.77. The molecule has 128 valence electrons. The molecule has 0 aliphatic heterocycles. The second kappa shape index (κ2) is 8.91. The van der Waals surface area contributed by atoms with E-state index in [-0.39, 0.29) is 46.5 Å². The molecule has 0 aromatic rings. The van der Waals surface area contributed by atoms with E-state index >= 15 is 0 Å². The molecule has 0 heterocycles. The summed E-state index contributed by atoms with van der Waals surface area (Å²) >= 11 is 0. The third kappa shape index (κ3) is 4.07. The predicted octanol–water partition coefficient (Wildman–Crippen LogP) is -0.627. The van der Waals surface area contributed by atoms with Crippen LogP contribution in [0.25, 0.3) is 0 Å². The first-order valence-corrected chi connectivity index (χ1v) is 11.7. The summed E-state index contributed by atoms with van der Waals surface area (Å²) in [7, 11) is -1.26. The number of allylic oxidation sites excluding steroid dienone is 8. The van der Waals surface area contributed by atoms with Gasteiger partial charge in [0, 0.05) is 0 Å². The smallest absolute Gasteiger partial charge is 1.00 e. The first-order valence-electron chi connectivity index (χ1n) is 8.54. The van der Waals surface area contributed by atoms with Gasteiger partial charge >= 0.3 is 21.7 Å². The van der Waals surface area contributed by atoms with Crippen molar-refractivity contribution in [1.82, 2.24) is 0 Å². The Hall–Kier alpha value is 0.471. The summed E-state index contributed by atoms with van der Waals surface area (Å²) in [6.45, 7) is 5.29. The Labute approximate surface area is 176 Å². The van der Waals surface area contributed by atoms with Gasteiger partial charge in [-0.2, -0.15) is 11.1 Å². The molecular formula is C20H26Cl2SiTi. The van der Waals surface area contributed by atoms with Gasteiger partial charge in [0.25, 0.3) is 0 Å². The average molecular weight is 413 g/mol. The molecule has 0 aromatic heterocycles. The molecule has 0 aromatic carbocycles. The zero-order chi connectivity index (χ0) is 14.4. The van der Waals surface area contributed by atoms with Crippen LogP contribution in [-0.2, 0) is 21.7 Å². The van der Waals surface area contributed by atoms with E-state index in [1.54, 1.807) is 0 Å². The summed E-state index contributed by atoms with van der Waals surface area (Å²) < 4.78 is 0. The minimum absolute atomic E-state index is 0. The van der Waals surface area contributed by atoms with Gasteiger partial charge in [0.1, 0.15) is 0 Å². The quantitative estimate of drug-likeness (QED) is 0.418. The number of halogens is 2. The molecule has 0 N–H and O–H groups in total. The van der Waals surface area contributed by atoms with E-state index in [1.807, 2.05) is 0 Å². The minimum Gasteiger partial charge on any atom is -1.00 e. The Kier molecular flexibility index (Phi) is 8.36. The molecule has 0 amide bonds. The van der Waals surface area contributed by atoms with Crippen molar-refractivity contribution in [2.24, 2.45) is 23.7 Å². The summed E-state index contributed by atoms with van der Waals surface area (Å²) in [4.78, 5) is 0. The van der Waals surface area contributed by atoms with Gasteiger partial charge in [-0.25, -0.2) is 0 Å². The van der Waals surface area contributed by atoms with Gasteiger partial charge in [-0.1, -0.05) is 62.4 Å². The first-order chi connectivity index (χ1) is 10.1. The molecule has 4 aliphatic rings. The van der Waals surface area contributed by atoms with Crippen LogP contribution in [0.1, 0.15) is 12.8 Å². The fourth-order valence-electron chi connectivity index (χ4n) is 4.88. The molecule has 0 saturated heterocycles. The Morgan fingerprint density at radius 1 is 0.708 bits per heavy atom. The monoisotopic (exact) mass is 412 g/mol. The van der Waals surface area contributed by atoms with Crippen LogP contribution in [0.15, 0.2) is 48.6 Å². The summed E-state index contributed by atoms with van der Waals surface area (Å²) in [6, 6.07) is 0. The van der Waals surface area contributed by atoms with Crippen molar-refractivity contribution in [3.05, 3.63) is 61.4 Å². The number of fused-ring (bicyclic) bond motifs is 2. The van der Waals surface area contributed by atoms with Gasteiger partial charge in [0.2, 0.25) is 0 Å². The molecule has 6 unspecified atom stereocenters. The Bertz CT molecular complexity index is 452. The average Bonchev–Trinajstić information content (AvgIpc) is 3.11. The summed E-state index contributed by atoms with van der Waals surface area (Å²) in [5.74, 6) is 3.01. The predicted molar refractivity (Wildman–Crippen MR) is 93.3 cm³/mol. The molecule has 2 fully saturated rings. The van der Waals surface area contributed by atoms with Gasteiger partial charge in [-0.3, -0.25) is 0 Å². The molecule has 0 spiro atoms. The first kappa shape index (κ1) is 22.5. The molecule has 4 rings (SSSR count). The van der Waals surface area contributed by atoms with E-state index in [9.17, 15) is 0 Å². The van der Waals surface area contributed by atoms with E-state index in [0.717, 1.165) is 34.8 Å². The molecule has 2 saturated carbocycles. The topological polar surface area (TPSA) is 0 Å². The molecule has 4 heteroatoms. The van der Waals surface area contributed by atoms with Crippen LogP contribution in [0, 0.1) is 36.5 Å². The third-order valence-corrected chi connectivity index (χ3v) is 11.1. The molecule has 24 heavy (non-hydrogen) atoms. The van der Waals surface area contributed by atoms with Crippen molar-refractivity contribution >= 4 is 8.07 Å². The van der Waals surface area contributed by atoms with Gasteiger partial charge in [-0.15, -0.1) is 24.0 Å². The van der Waals surface area contributed by atoms with Gasteiger partial charge in [-0.05, 0) is 19.9 Å². The van der Waals surface area contributed by atoms with Gasteiger partial charge in [0.05, 0.1) is 0 Å². The van der Waals surface area contributed by atoms with Crippen molar-refractivity contribution < 1.29 is 46.5 Å². The van der Waals surface area contributed by atoms with Crippen LogP contribution in [0.5, 0.6) is 0 Å². The fourth-order valence-corrected chi connectivity index (χ4v) is 8.63. The second-order valence-corrected chi connectivity index (χ2v) is 13.0. The van der Waals surface area contributed by atoms with Gasteiger partial charge < -0.3 is 37.7 Å². The molecular weight excluding hydrogens is 387 g/mol. The zero-order valence-electron chi connectivity index (χ0n) is 14.4. The molecule has 0 bridgehead atoms. The van der Waals surface area contributed by atoms with Crippen molar-refractivity contribution in [1.29, 1.82) is 0 Å². The maximum atomic E-state index is 2.71. The summed E-state index contributed by atoms with van der Waals surface area (Å²) in [6.07, 6.45) is 26.9. The van der Waals surface area contributed by atoms with Crippen LogP contribution in [0.4, 0.5) is 0 Å². The van der Waals surface area contributed by atoms with Crippen molar-refractivity contribution in [2.75, 3.05) is 0 Å². The Morgan fingerprint density at radius 3 is 1.46 bits per heavy atom. The van der Waals surface area contributed by atoms with E-state index in [4.69, 9.17) is 0 Å². The zero-order valence-corrected chi connectivity index (χ0v) is 18.5. The van der Waals surface area contributed by atoms with E-state index in [0.29, 0.717) is 0 Å². The van der Waals surface area contributed by atoms with Crippen molar-refractivity contribution in [2.45, 2.75) is 37.0 Å². The van der Waals surface area contributed by atoms with Crippen molar-refractivity contribution in [3.8, 4) is 0 Å². The maximum Gasteiger partial charge on any atom is 4.00 e. The molecule has 0 radical (unpaired) electrons. The van der Waals surface area contributed by atoms with E-state index < -0.39 is 8.07 Å². The molecule has 0 nitrogen and oxygen atoms in total. The summed E-state index contributed by atoms with van der Waals surface area (Å²) in [5, 5.41) is 0. The van der Waals surface area contributed by atoms with Crippen LogP contribution >= 0.6 is 0 Å². The normalized spacial score (nSPS) is 38.6. The van der Waals surface area contributed by atoms with Crippen LogP contribution in [0.3, 0.4) is 0 Å². The standard InChI is InChI=1S/C20H26Si.2ClH.Ti/c1-21(2,19-11-15-7-3-4-8-16(15)12-19)20-13-17-9-5-6-10-18(17)14-20;;;/h3-11,13,15-20H,12,14H2,1-2H3;2*1H;/q-2;;;+4/p-2. The van der Waals surface area contributed by atoms with E-state index in [1.165, 1.54) is 12.8 Å². The van der Waals surface area contributed by atoms with E-state index in [2.05, 4.69) is 74.5 Å². The molecule has 4 aliphatic carbocycles. The van der Waals surface area contributed by atoms with Gasteiger partial charge in [0.15, 0.2) is 0 Å². The van der Waals surface area contributed by atoms with Crippen molar-refractivity contribution in [3.63, 3.8) is 0 Å². The second-order valence-electron chi connectivity index (χ2n) is 7.91. The Balaban J connectivity index is 0.000000960. The fraction of sp³-hybridized carbons (Fsp3) is 0.500. The maximum absolute atomic E-state index is 2.71. The third-order valence-electron chi connectivity index (χ3n) is 6.47. The minimum atomic E-state index is -1.26. The number of hydrogen-bond acceptors (Lipinski definition) is 0. The Morgan fingerprint density at radius 2 is 1.08 bits per heavy atom. The van der Waals surface area contributed by atoms with Crippen LogP contribution < -0.4 is 24.8 Å². The molecule has 6 atom stereocenters.